The molecule has 0 unspecified atom stereocenters. The van der Waals surface area contributed by atoms with Crippen molar-refractivity contribution in [2.45, 2.75) is 24.1 Å². The van der Waals surface area contributed by atoms with Gasteiger partial charge in [-0.05, 0) is 37.1 Å². The van der Waals surface area contributed by atoms with Crippen LogP contribution in [0.15, 0.2) is 34.2 Å². The molecule has 1 saturated heterocycles. The molecule has 1 atom stereocenters. The normalized spacial score (nSPS) is 15.8. The molecule has 11 heteroatoms. The first-order valence-corrected chi connectivity index (χ1v) is 10.3. The monoisotopic (exact) mass is 437 g/mol. The Morgan fingerprint density at radius 3 is 2.76 bits per heavy atom. The third-order valence-electron chi connectivity index (χ3n) is 4.16. The smallest absolute Gasteiger partial charge is 0.277 e. The fraction of sp³-hybridized carbons (Fsp3) is 0.333. The highest BCUT2D eigenvalue weighted by molar-refractivity contribution is 7.99. The predicted octanol–water partition coefficient (Wildman–Crippen LogP) is 1.65. The summed E-state index contributed by atoms with van der Waals surface area (Å²) < 4.78 is 5.44. The van der Waals surface area contributed by atoms with Gasteiger partial charge in [-0.1, -0.05) is 23.4 Å². The van der Waals surface area contributed by atoms with Gasteiger partial charge in [-0.15, -0.1) is 0 Å². The maximum atomic E-state index is 12.3. The number of ether oxygens (including phenoxy) is 1. The predicted molar refractivity (Wildman–Crippen MR) is 111 cm³/mol. The molecule has 0 saturated carbocycles. The van der Waals surface area contributed by atoms with E-state index in [9.17, 15) is 14.4 Å². The van der Waals surface area contributed by atoms with Gasteiger partial charge in [0.2, 0.25) is 5.91 Å². The Hall–Kier alpha value is -2.56. The van der Waals surface area contributed by atoms with Crippen molar-refractivity contribution in [1.82, 2.24) is 15.3 Å². The molecule has 1 fully saturated rings. The molecule has 1 aromatic carbocycles. The number of nitrogens with two attached hydrogens (primary N) is 1. The largest absolute Gasteiger partial charge is 0.382 e. The first kappa shape index (κ1) is 21.2. The number of amides is 2. The van der Waals surface area contributed by atoms with Gasteiger partial charge in [0.15, 0.2) is 11.0 Å². The van der Waals surface area contributed by atoms with E-state index in [0.717, 1.165) is 31.2 Å². The summed E-state index contributed by atoms with van der Waals surface area (Å²) in [5.74, 6) is -0.800. The van der Waals surface area contributed by atoms with Crippen molar-refractivity contribution in [3.05, 3.63) is 45.2 Å². The molecular weight excluding hydrogens is 418 g/mol. The summed E-state index contributed by atoms with van der Waals surface area (Å²) >= 11 is 6.83. The van der Waals surface area contributed by atoms with Crippen LogP contribution in [0.5, 0.6) is 0 Å². The van der Waals surface area contributed by atoms with Crippen LogP contribution < -0.4 is 21.9 Å². The molecule has 2 amide bonds. The first-order valence-electron chi connectivity index (χ1n) is 8.90. The number of H-pyrrole nitrogens is 1. The number of carbonyl (C=O) groups excluding carboxylic acids is 2. The van der Waals surface area contributed by atoms with Crippen molar-refractivity contribution in [2.24, 2.45) is 0 Å². The van der Waals surface area contributed by atoms with Gasteiger partial charge >= 0.3 is 0 Å². The number of nitrogen functional groups attached to an aromatic ring is 1. The lowest BCUT2D eigenvalue weighted by molar-refractivity contribution is -0.119. The van der Waals surface area contributed by atoms with E-state index in [4.69, 9.17) is 22.1 Å². The van der Waals surface area contributed by atoms with Crippen LogP contribution in [0.1, 0.15) is 23.2 Å². The summed E-state index contributed by atoms with van der Waals surface area (Å²) in [5.41, 5.74) is 5.37. The third kappa shape index (κ3) is 5.96. The Kier molecular flexibility index (Phi) is 7.13. The molecular formula is C18H20ClN5O4S. The average Bonchev–Trinajstić information content (AvgIpc) is 3.21. The van der Waals surface area contributed by atoms with Gasteiger partial charge in [-0.2, -0.15) is 0 Å². The molecule has 1 aromatic heterocycles. The summed E-state index contributed by atoms with van der Waals surface area (Å²) in [7, 11) is 0. The molecule has 0 spiro atoms. The molecule has 1 aliphatic rings. The number of anilines is 2. The zero-order valence-corrected chi connectivity index (χ0v) is 16.9. The Labute approximate surface area is 175 Å². The molecule has 154 valence electrons. The SMILES string of the molecule is Nc1nc(SCC(=O)NC[C@@H]2CCCO2)[nH]c(=O)c1NC(=O)c1ccc(Cl)cc1. The van der Waals surface area contributed by atoms with Crippen LogP contribution in [-0.4, -0.2) is 46.8 Å². The van der Waals surface area contributed by atoms with Gasteiger partial charge < -0.3 is 21.1 Å². The number of hydrogen-bond acceptors (Lipinski definition) is 7. The highest BCUT2D eigenvalue weighted by Gasteiger charge is 2.17. The minimum atomic E-state index is -0.609. The van der Waals surface area contributed by atoms with E-state index in [1.807, 2.05) is 0 Å². The second-order valence-electron chi connectivity index (χ2n) is 6.32. The Morgan fingerprint density at radius 2 is 2.10 bits per heavy atom. The molecule has 1 aliphatic heterocycles. The highest BCUT2D eigenvalue weighted by atomic mass is 35.5. The number of benzene rings is 1. The zero-order valence-electron chi connectivity index (χ0n) is 15.4. The molecule has 0 radical (unpaired) electrons. The number of nitrogens with one attached hydrogen (secondary N) is 3. The number of thioether (sulfide) groups is 1. The lowest BCUT2D eigenvalue weighted by Gasteiger charge is -2.11. The number of halogens is 1. The summed E-state index contributed by atoms with van der Waals surface area (Å²) in [4.78, 5) is 43.0. The minimum absolute atomic E-state index is 0.0565. The van der Waals surface area contributed by atoms with Crippen LogP contribution in [0.25, 0.3) is 0 Å². The second kappa shape index (κ2) is 9.77. The van der Waals surface area contributed by atoms with E-state index >= 15 is 0 Å². The van der Waals surface area contributed by atoms with Gasteiger partial charge in [0.25, 0.3) is 11.5 Å². The number of nitrogens with zero attached hydrogens (tertiary/aromatic N) is 1. The van der Waals surface area contributed by atoms with Gasteiger partial charge in [0.05, 0.1) is 11.9 Å². The van der Waals surface area contributed by atoms with Crippen LogP contribution in [0.3, 0.4) is 0 Å². The van der Waals surface area contributed by atoms with Crippen molar-refractivity contribution in [3.63, 3.8) is 0 Å². The number of aromatic amines is 1. The summed E-state index contributed by atoms with van der Waals surface area (Å²) in [6.07, 6.45) is 1.99. The molecule has 2 heterocycles. The fourth-order valence-corrected chi connectivity index (χ4v) is 3.49. The molecule has 5 N–H and O–H groups in total. The number of carbonyl (C=O) groups is 2. The molecule has 3 rings (SSSR count). The molecule has 0 aliphatic carbocycles. The molecule has 2 aromatic rings. The number of rotatable bonds is 7. The lowest BCUT2D eigenvalue weighted by Crippen LogP contribution is -2.33. The first-order chi connectivity index (χ1) is 13.9. The van der Waals surface area contributed by atoms with Crippen molar-refractivity contribution < 1.29 is 14.3 Å². The zero-order chi connectivity index (χ0) is 20.8. The van der Waals surface area contributed by atoms with Gasteiger partial charge in [-0.25, -0.2) is 4.98 Å². The number of hydrogen-bond donors (Lipinski definition) is 4. The highest BCUT2D eigenvalue weighted by Crippen LogP contribution is 2.18. The second-order valence-corrected chi connectivity index (χ2v) is 7.72. The topological polar surface area (TPSA) is 139 Å². The quantitative estimate of drug-likeness (QED) is 0.381. The maximum Gasteiger partial charge on any atom is 0.277 e. The van der Waals surface area contributed by atoms with E-state index in [-0.39, 0.29) is 34.4 Å². The van der Waals surface area contributed by atoms with Gasteiger partial charge in [0.1, 0.15) is 5.69 Å². The van der Waals surface area contributed by atoms with Crippen LogP contribution >= 0.6 is 23.4 Å². The van der Waals surface area contributed by atoms with Crippen LogP contribution in [0, 0.1) is 0 Å². The number of aromatic nitrogens is 2. The van der Waals surface area contributed by atoms with E-state index in [0.29, 0.717) is 17.1 Å². The van der Waals surface area contributed by atoms with Gasteiger partial charge in [0, 0.05) is 23.7 Å². The Morgan fingerprint density at radius 1 is 1.34 bits per heavy atom. The minimum Gasteiger partial charge on any atom is -0.382 e. The summed E-state index contributed by atoms with van der Waals surface area (Å²) in [6.45, 7) is 1.18. The Balaban J connectivity index is 1.57. The van der Waals surface area contributed by atoms with Crippen molar-refractivity contribution in [3.8, 4) is 0 Å². The van der Waals surface area contributed by atoms with Crippen LogP contribution in [-0.2, 0) is 9.53 Å². The van der Waals surface area contributed by atoms with E-state index in [2.05, 4.69) is 20.6 Å². The van der Waals surface area contributed by atoms with Gasteiger partial charge in [-0.3, -0.25) is 19.4 Å². The molecule has 9 nitrogen and oxygen atoms in total. The lowest BCUT2D eigenvalue weighted by atomic mass is 10.2. The Bertz CT molecular complexity index is 944. The van der Waals surface area contributed by atoms with Crippen molar-refractivity contribution in [2.75, 3.05) is 30.0 Å². The maximum absolute atomic E-state index is 12.3. The standard InChI is InChI=1S/C18H20ClN5O4S/c19-11-5-3-10(4-6-11)16(26)22-14-15(20)23-18(24-17(14)27)29-9-13(25)21-8-12-2-1-7-28-12/h3-6,12H,1-2,7-9H2,(H,21,25)(H,22,26)(H3,20,23,24,27)/t12-/m0/s1. The fourth-order valence-electron chi connectivity index (χ4n) is 2.66. The van der Waals surface area contributed by atoms with Crippen LogP contribution in [0.2, 0.25) is 5.02 Å². The third-order valence-corrected chi connectivity index (χ3v) is 5.29. The van der Waals surface area contributed by atoms with E-state index in [1.54, 1.807) is 12.1 Å². The summed E-state index contributed by atoms with van der Waals surface area (Å²) in [6, 6.07) is 6.17. The van der Waals surface area contributed by atoms with E-state index < -0.39 is 11.5 Å². The average molecular weight is 438 g/mol. The van der Waals surface area contributed by atoms with Crippen LogP contribution in [0.4, 0.5) is 11.5 Å². The van der Waals surface area contributed by atoms with Crippen molar-refractivity contribution in [1.29, 1.82) is 0 Å². The van der Waals surface area contributed by atoms with Crippen molar-refractivity contribution >= 4 is 46.7 Å². The molecule has 0 bridgehead atoms. The molecule has 29 heavy (non-hydrogen) atoms. The summed E-state index contributed by atoms with van der Waals surface area (Å²) in [5, 5.41) is 5.90. The van der Waals surface area contributed by atoms with E-state index in [1.165, 1.54) is 12.1 Å².